The third-order valence-corrected chi connectivity index (χ3v) is 4.62. The SMILES string of the molecule is N#CCCN(CCN1CCOCC1)C(=O)CNC(=O)c1cccc(Br)c1. The molecule has 26 heavy (non-hydrogen) atoms. The van der Waals surface area contributed by atoms with E-state index in [2.05, 4.69) is 32.2 Å². The molecule has 140 valence electrons. The summed E-state index contributed by atoms with van der Waals surface area (Å²) in [5, 5.41) is 11.5. The molecule has 8 heteroatoms. The number of benzene rings is 1. The van der Waals surface area contributed by atoms with Crippen molar-refractivity contribution in [3.8, 4) is 6.07 Å². The Morgan fingerprint density at radius 1 is 1.31 bits per heavy atom. The van der Waals surface area contributed by atoms with Crippen LogP contribution in [-0.2, 0) is 9.53 Å². The lowest BCUT2D eigenvalue weighted by molar-refractivity contribution is -0.130. The summed E-state index contributed by atoms with van der Waals surface area (Å²) in [5.41, 5.74) is 0.490. The van der Waals surface area contributed by atoms with Gasteiger partial charge in [-0.2, -0.15) is 5.26 Å². The standard InChI is InChI=1S/C18H23BrN4O3/c19-16-4-1-3-15(13-16)18(25)21-14-17(24)23(6-2-5-20)8-7-22-9-11-26-12-10-22/h1,3-4,13H,2,6-12,14H2,(H,21,25). The Morgan fingerprint density at radius 3 is 2.77 bits per heavy atom. The molecule has 0 bridgehead atoms. The number of ether oxygens (including phenoxy) is 1. The smallest absolute Gasteiger partial charge is 0.251 e. The van der Waals surface area contributed by atoms with Crippen LogP contribution in [0.4, 0.5) is 0 Å². The van der Waals surface area contributed by atoms with Gasteiger partial charge in [0, 0.05) is 42.8 Å². The molecule has 0 saturated carbocycles. The van der Waals surface area contributed by atoms with E-state index in [0.717, 1.165) is 24.1 Å². The molecule has 0 atom stereocenters. The summed E-state index contributed by atoms with van der Waals surface area (Å²) in [6, 6.07) is 9.06. The zero-order valence-corrected chi connectivity index (χ0v) is 16.2. The zero-order chi connectivity index (χ0) is 18.8. The first kappa shape index (κ1) is 20.4. The van der Waals surface area contributed by atoms with Crippen molar-refractivity contribution >= 4 is 27.7 Å². The highest BCUT2D eigenvalue weighted by molar-refractivity contribution is 9.10. The number of carbonyl (C=O) groups excluding carboxylic acids is 2. The van der Waals surface area contributed by atoms with Gasteiger partial charge in [0.15, 0.2) is 0 Å². The summed E-state index contributed by atoms with van der Waals surface area (Å²) in [5.74, 6) is -0.482. The average Bonchev–Trinajstić information content (AvgIpc) is 2.66. The van der Waals surface area contributed by atoms with Gasteiger partial charge in [0.1, 0.15) is 0 Å². The maximum absolute atomic E-state index is 12.5. The molecule has 1 aliphatic rings. The van der Waals surface area contributed by atoms with Crippen LogP contribution in [0.2, 0.25) is 0 Å². The van der Waals surface area contributed by atoms with E-state index in [1.165, 1.54) is 0 Å². The predicted molar refractivity (Wildman–Crippen MR) is 101 cm³/mol. The molecule has 0 aliphatic carbocycles. The van der Waals surface area contributed by atoms with E-state index in [1.54, 1.807) is 23.1 Å². The van der Waals surface area contributed by atoms with Crippen LogP contribution in [0.15, 0.2) is 28.7 Å². The van der Waals surface area contributed by atoms with Gasteiger partial charge in [-0.25, -0.2) is 0 Å². The highest BCUT2D eigenvalue weighted by Gasteiger charge is 2.17. The summed E-state index contributed by atoms with van der Waals surface area (Å²) in [4.78, 5) is 28.5. The quantitative estimate of drug-likeness (QED) is 0.681. The number of hydrogen-bond donors (Lipinski definition) is 1. The van der Waals surface area contributed by atoms with E-state index in [-0.39, 0.29) is 24.8 Å². The van der Waals surface area contributed by atoms with Crippen molar-refractivity contribution in [2.75, 3.05) is 52.5 Å². The largest absolute Gasteiger partial charge is 0.379 e. The fourth-order valence-electron chi connectivity index (χ4n) is 2.63. The number of amides is 2. The first-order chi connectivity index (χ1) is 12.6. The molecular formula is C18H23BrN4O3. The minimum atomic E-state index is -0.298. The summed E-state index contributed by atoms with van der Waals surface area (Å²) >= 11 is 3.32. The number of halogens is 1. The topological polar surface area (TPSA) is 85.7 Å². The number of nitrogens with zero attached hydrogens (tertiary/aromatic N) is 3. The van der Waals surface area contributed by atoms with Crippen LogP contribution < -0.4 is 5.32 Å². The molecule has 7 nitrogen and oxygen atoms in total. The monoisotopic (exact) mass is 422 g/mol. The Bertz CT molecular complexity index is 656. The normalized spacial score (nSPS) is 14.5. The summed E-state index contributed by atoms with van der Waals surface area (Å²) < 4.78 is 6.12. The highest BCUT2D eigenvalue weighted by atomic mass is 79.9. The Hall–Kier alpha value is -1.95. The highest BCUT2D eigenvalue weighted by Crippen LogP contribution is 2.11. The summed E-state index contributed by atoms with van der Waals surface area (Å²) in [6.07, 6.45) is 0.272. The third kappa shape index (κ3) is 6.75. The molecule has 1 fully saturated rings. The second-order valence-electron chi connectivity index (χ2n) is 5.94. The van der Waals surface area contributed by atoms with Gasteiger partial charge in [-0.15, -0.1) is 0 Å². The van der Waals surface area contributed by atoms with Gasteiger partial charge in [-0.3, -0.25) is 14.5 Å². The number of morpholine rings is 1. The van der Waals surface area contributed by atoms with Crippen molar-refractivity contribution in [1.29, 1.82) is 5.26 Å². The minimum absolute atomic E-state index is 0.0834. The van der Waals surface area contributed by atoms with Crippen molar-refractivity contribution in [1.82, 2.24) is 15.1 Å². The molecule has 0 radical (unpaired) electrons. The lowest BCUT2D eigenvalue weighted by Crippen LogP contribution is -2.46. The van der Waals surface area contributed by atoms with Gasteiger partial charge in [-0.05, 0) is 18.2 Å². The van der Waals surface area contributed by atoms with Crippen LogP contribution in [0.5, 0.6) is 0 Å². The summed E-state index contributed by atoms with van der Waals surface area (Å²) in [6.45, 7) is 4.66. The van der Waals surface area contributed by atoms with E-state index in [1.807, 2.05) is 6.07 Å². The van der Waals surface area contributed by atoms with Gasteiger partial charge in [0.05, 0.1) is 32.2 Å². The number of carbonyl (C=O) groups is 2. The molecular weight excluding hydrogens is 400 g/mol. The number of nitriles is 1. The van der Waals surface area contributed by atoms with Crippen LogP contribution in [-0.4, -0.2) is 74.1 Å². The van der Waals surface area contributed by atoms with Crippen molar-refractivity contribution in [3.05, 3.63) is 34.3 Å². The summed E-state index contributed by atoms with van der Waals surface area (Å²) in [7, 11) is 0. The second kappa shape index (κ2) is 10.9. The Balaban J connectivity index is 1.84. The Labute approximate surface area is 162 Å². The Kier molecular flexibility index (Phi) is 8.54. The molecule has 1 heterocycles. The first-order valence-corrected chi connectivity index (χ1v) is 9.38. The van der Waals surface area contributed by atoms with E-state index >= 15 is 0 Å². The van der Waals surface area contributed by atoms with Crippen LogP contribution in [0.25, 0.3) is 0 Å². The van der Waals surface area contributed by atoms with Gasteiger partial charge >= 0.3 is 0 Å². The van der Waals surface area contributed by atoms with E-state index < -0.39 is 0 Å². The molecule has 2 rings (SSSR count). The fourth-order valence-corrected chi connectivity index (χ4v) is 3.03. The minimum Gasteiger partial charge on any atom is -0.379 e. The number of rotatable bonds is 8. The molecule has 1 saturated heterocycles. The number of hydrogen-bond acceptors (Lipinski definition) is 5. The molecule has 2 amide bonds. The third-order valence-electron chi connectivity index (χ3n) is 4.12. The molecule has 0 spiro atoms. The van der Waals surface area contributed by atoms with Crippen LogP contribution in [0.1, 0.15) is 16.8 Å². The molecule has 1 aliphatic heterocycles. The van der Waals surface area contributed by atoms with E-state index in [4.69, 9.17) is 10.00 Å². The fraction of sp³-hybridized carbons (Fsp3) is 0.500. The van der Waals surface area contributed by atoms with Crippen LogP contribution in [0, 0.1) is 11.3 Å². The van der Waals surface area contributed by atoms with Crippen LogP contribution in [0.3, 0.4) is 0 Å². The van der Waals surface area contributed by atoms with Crippen LogP contribution >= 0.6 is 15.9 Å². The number of nitrogens with one attached hydrogen (secondary N) is 1. The maximum Gasteiger partial charge on any atom is 0.251 e. The molecule has 1 N–H and O–H groups in total. The zero-order valence-electron chi connectivity index (χ0n) is 14.6. The van der Waals surface area contributed by atoms with E-state index in [0.29, 0.717) is 31.9 Å². The van der Waals surface area contributed by atoms with Gasteiger partial charge in [0.25, 0.3) is 5.91 Å². The van der Waals surface area contributed by atoms with Crippen molar-refractivity contribution in [3.63, 3.8) is 0 Å². The maximum atomic E-state index is 12.5. The van der Waals surface area contributed by atoms with Crippen molar-refractivity contribution in [2.24, 2.45) is 0 Å². The molecule has 1 aromatic rings. The molecule has 0 unspecified atom stereocenters. The predicted octanol–water partition coefficient (Wildman–Crippen LogP) is 1.25. The van der Waals surface area contributed by atoms with Crippen molar-refractivity contribution in [2.45, 2.75) is 6.42 Å². The van der Waals surface area contributed by atoms with E-state index in [9.17, 15) is 9.59 Å². The van der Waals surface area contributed by atoms with Gasteiger partial charge < -0.3 is 15.0 Å². The second-order valence-corrected chi connectivity index (χ2v) is 6.85. The van der Waals surface area contributed by atoms with Gasteiger partial charge in [0.2, 0.25) is 5.91 Å². The van der Waals surface area contributed by atoms with Crippen molar-refractivity contribution < 1.29 is 14.3 Å². The average molecular weight is 423 g/mol. The lowest BCUT2D eigenvalue weighted by Gasteiger charge is -2.30. The first-order valence-electron chi connectivity index (χ1n) is 8.58. The lowest BCUT2D eigenvalue weighted by atomic mass is 10.2. The molecule has 0 aromatic heterocycles. The molecule has 1 aromatic carbocycles. The Morgan fingerprint density at radius 2 is 2.08 bits per heavy atom. The van der Waals surface area contributed by atoms with Gasteiger partial charge in [-0.1, -0.05) is 22.0 Å².